The molecule has 0 saturated heterocycles. The SMILES string of the molecule is O=C([O-])O.O=C([O-])O.O=C([O-])O.[Al+3].[H-].[H-].[Mg+2]. The molecule has 0 radical (unpaired) electrons. The molecule has 0 bridgehead atoms. The van der Waals surface area contributed by atoms with Crippen molar-refractivity contribution in [1.82, 2.24) is 0 Å². The van der Waals surface area contributed by atoms with Crippen LogP contribution in [0.2, 0.25) is 0 Å². The van der Waals surface area contributed by atoms with Gasteiger partial charge in [-0.1, -0.05) is 0 Å². The first-order chi connectivity index (χ1) is 5.20. The Morgan fingerprint density at radius 3 is 0.786 bits per heavy atom. The fourth-order valence-electron chi connectivity index (χ4n) is 0. The molecule has 0 aliphatic rings. The van der Waals surface area contributed by atoms with Gasteiger partial charge in [0.25, 0.3) is 0 Å². The van der Waals surface area contributed by atoms with Crippen molar-refractivity contribution in [2.75, 3.05) is 0 Å². The minimum Gasteiger partial charge on any atom is -1.00 e. The van der Waals surface area contributed by atoms with Crippen molar-refractivity contribution in [2.24, 2.45) is 0 Å². The van der Waals surface area contributed by atoms with E-state index in [9.17, 15) is 0 Å². The summed E-state index contributed by atoms with van der Waals surface area (Å²) in [6.45, 7) is 0. The van der Waals surface area contributed by atoms with Crippen molar-refractivity contribution in [3.8, 4) is 0 Å². The molecule has 0 heterocycles. The maximum absolute atomic E-state index is 8.44. The molecule has 9 nitrogen and oxygen atoms in total. The smallest absolute Gasteiger partial charge is 1.00 e. The van der Waals surface area contributed by atoms with E-state index in [0.29, 0.717) is 0 Å². The molecule has 11 heteroatoms. The molecule has 3 N–H and O–H groups in total. The average molecular weight is 236 g/mol. The molecule has 0 unspecified atom stereocenters. The zero-order valence-corrected chi connectivity index (χ0v) is 9.14. The standard InChI is InChI=1S/3CH2O3.Al.Mg.2H/c3*2-1(3)4;;;;/h3*(H2,2,3,4);;;;/q;;;+3;+2;2*-1/p-3. The van der Waals surface area contributed by atoms with Crippen LogP contribution in [0, 0.1) is 0 Å². The Labute approximate surface area is 107 Å². The van der Waals surface area contributed by atoms with E-state index in [1.165, 1.54) is 0 Å². The summed E-state index contributed by atoms with van der Waals surface area (Å²) in [5, 5.41) is 45.9. The summed E-state index contributed by atoms with van der Waals surface area (Å²) < 4.78 is 0. The number of carboxylic acid groups (broad SMARTS) is 6. The van der Waals surface area contributed by atoms with Crippen LogP contribution in [0.5, 0.6) is 0 Å². The predicted molar refractivity (Wildman–Crippen MR) is 37.8 cm³/mol. The van der Waals surface area contributed by atoms with E-state index in [2.05, 4.69) is 0 Å². The van der Waals surface area contributed by atoms with E-state index in [1.54, 1.807) is 0 Å². The minimum atomic E-state index is -2.08. The Bertz CT molecular complexity index is 126. The van der Waals surface area contributed by atoms with Gasteiger partial charge in [0.1, 0.15) is 0 Å². The second-order valence-electron chi connectivity index (χ2n) is 0.798. The Kier molecular flexibility index (Phi) is 47.5. The van der Waals surface area contributed by atoms with Gasteiger partial charge in [0, 0.05) is 0 Å². The van der Waals surface area contributed by atoms with Crippen molar-refractivity contribution in [3.05, 3.63) is 0 Å². The zero-order valence-electron chi connectivity index (χ0n) is 8.58. The summed E-state index contributed by atoms with van der Waals surface area (Å²) in [6, 6.07) is 0. The molecule has 0 aliphatic carbocycles. The number of rotatable bonds is 0. The Morgan fingerprint density at radius 1 is 0.786 bits per heavy atom. The maximum Gasteiger partial charge on any atom is 3.00 e. The van der Waals surface area contributed by atoms with E-state index < -0.39 is 18.5 Å². The van der Waals surface area contributed by atoms with Gasteiger partial charge in [0.05, 0.1) is 0 Å². The summed E-state index contributed by atoms with van der Waals surface area (Å²) in [6.07, 6.45) is -6.25. The second kappa shape index (κ2) is 22.7. The Hall–Kier alpha value is -0.891. The molecular weight excluding hydrogens is 231 g/mol. The van der Waals surface area contributed by atoms with Crippen molar-refractivity contribution in [3.63, 3.8) is 0 Å². The topological polar surface area (TPSA) is 181 Å². The molecule has 0 aliphatic heterocycles. The molecule has 0 amide bonds. The maximum atomic E-state index is 8.44. The summed E-state index contributed by atoms with van der Waals surface area (Å²) >= 11 is 0. The van der Waals surface area contributed by atoms with Gasteiger partial charge in [0.15, 0.2) is 0 Å². The first-order valence-electron chi connectivity index (χ1n) is 1.90. The third-order valence-corrected chi connectivity index (χ3v) is 0. The van der Waals surface area contributed by atoms with Crippen LogP contribution >= 0.6 is 0 Å². The van der Waals surface area contributed by atoms with Crippen molar-refractivity contribution in [2.45, 2.75) is 0 Å². The van der Waals surface area contributed by atoms with Crippen LogP contribution in [0.1, 0.15) is 2.85 Å². The van der Waals surface area contributed by atoms with E-state index in [1.807, 2.05) is 0 Å². The zero-order chi connectivity index (χ0) is 10.7. The van der Waals surface area contributed by atoms with Gasteiger partial charge in [-0.25, -0.2) is 0 Å². The molecule has 76 valence electrons. The molecule has 0 spiro atoms. The third-order valence-electron chi connectivity index (χ3n) is 0. The van der Waals surface area contributed by atoms with Crippen molar-refractivity contribution < 1.29 is 47.9 Å². The number of hydrogen-bond acceptors (Lipinski definition) is 6. The molecule has 14 heavy (non-hydrogen) atoms. The molecule has 0 aromatic heterocycles. The molecule has 0 atom stereocenters. The van der Waals surface area contributed by atoms with Crippen LogP contribution in [0.25, 0.3) is 0 Å². The predicted octanol–water partition coefficient (Wildman–Crippen LogP) is -3.87. The van der Waals surface area contributed by atoms with Crippen molar-refractivity contribution >= 4 is 58.9 Å². The van der Waals surface area contributed by atoms with Gasteiger partial charge in [-0.3, -0.25) is 0 Å². The molecular formula is C3H5AlMgO9. The molecule has 0 fully saturated rings. The average Bonchev–Trinajstić information content (AvgIpc) is 1.54. The fraction of sp³-hybridized carbons (Fsp3) is 0. The minimum absolute atomic E-state index is 0. The van der Waals surface area contributed by atoms with Crippen LogP contribution in [-0.4, -0.2) is 74.2 Å². The van der Waals surface area contributed by atoms with Crippen LogP contribution in [-0.2, 0) is 0 Å². The summed E-state index contributed by atoms with van der Waals surface area (Å²) in [7, 11) is 0. The normalized spacial score (nSPS) is 5.14. The van der Waals surface area contributed by atoms with Gasteiger partial charge in [-0.15, -0.1) is 0 Å². The van der Waals surface area contributed by atoms with E-state index >= 15 is 0 Å². The summed E-state index contributed by atoms with van der Waals surface area (Å²) in [5.74, 6) is 0. The first kappa shape index (κ1) is 29.2. The quantitative estimate of drug-likeness (QED) is 0.354. The molecule has 0 aromatic rings. The second-order valence-corrected chi connectivity index (χ2v) is 0.798. The van der Waals surface area contributed by atoms with Crippen LogP contribution in [0.15, 0.2) is 0 Å². The molecule has 0 rings (SSSR count). The summed E-state index contributed by atoms with van der Waals surface area (Å²) in [5.41, 5.74) is 0. The van der Waals surface area contributed by atoms with E-state index in [0.717, 1.165) is 0 Å². The van der Waals surface area contributed by atoms with Crippen molar-refractivity contribution in [1.29, 1.82) is 0 Å². The monoisotopic (exact) mass is 236 g/mol. The van der Waals surface area contributed by atoms with Crippen LogP contribution < -0.4 is 15.3 Å². The van der Waals surface area contributed by atoms with Gasteiger partial charge >= 0.3 is 40.4 Å². The van der Waals surface area contributed by atoms with Gasteiger partial charge in [-0.05, 0) is 0 Å². The van der Waals surface area contributed by atoms with Crippen LogP contribution in [0.4, 0.5) is 14.4 Å². The van der Waals surface area contributed by atoms with Gasteiger partial charge < -0.3 is 47.9 Å². The van der Waals surface area contributed by atoms with E-state index in [4.69, 9.17) is 45.0 Å². The third kappa shape index (κ3) is 1430. The van der Waals surface area contributed by atoms with Gasteiger partial charge in [-0.2, -0.15) is 0 Å². The van der Waals surface area contributed by atoms with Crippen LogP contribution in [0.3, 0.4) is 0 Å². The Morgan fingerprint density at radius 2 is 0.786 bits per heavy atom. The van der Waals surface area contributed by atoms with Gasteiger partial charge in [0.2, 0.25) is 18.5 Å². The first-order valence-corrected chi connectivity index (χ1v) is 1.90. The molecule has 0 saturated carbocycles. The number of hydrogen-bond donors (Lipinski definition) is 3. The Balaban J connectivity index is -0.0000000135. The molecule has 0 aromatic carbocycles. The largest absolute Gasteiger partial charge is 3.00 e. The number of carbonyl (C=O) groups is 3. The fourth-order valence-corrected chi connectivity index (χ4v) is 0. The summed E-state index contributed by atoms with van der Waals surface area (Å²) in [4.78, 5) is 25.3. The van der Waals surface area contributed by atoms with E-state index in [-0.39, 0.29) is 43.3 Å².